The van der Waals surface area contributed by atoms with Gasteiger partial charge in [0.25, 0.3) is 0 Å². The second kappa shape index (κ2) is 12.6. The molecular weight excluding hydrogens is 330 g/mol. The monoisotopic (exact) mass is 357 g/mol. The molecule has 6 nitrogen and oxygen atoms in total. The van der Waals surface area contributed by atoms with Crippen LogP contribution in [0.4, 0.5) is 0 Å². The van der Waals surface area contributed by atoms with Crippen LogP contribution < -0.4 is 21.1 Å². The van der Waals surface area contributed by atoms with E-state index in [-0.39, 0.29) is 30.6 Å². The highest BCUT2D eigenvalue weighted by molar-refractivity contribution is 5.85. The zero-order valence-electron chi connectivity index (χ0n) is 14.3. The van der Waals surface area contributed by atoms with Crippen LogP contribution in [0.5, 0.6) is 5.75 Å². The van der Waals surface area contributed by atoms with Gasteiger partial charge in [0.05, 0.1) is 19.1 Å². The molecule has 0 aliphatic carbocycles. The van der Waals surface area contributed by atoms with Crippen LogP contribution in [0, 0.1) is 0 Å². The van der Waals surface area contributed by atoms with Crippen molar-refractivity contribution in [3.05, 3.63) is 29.8 Å². The zero-order chi connectivity index (χ0) is 17.1. The van der Waals surface area contributed by atoms with Gasteiger partial charge in [-0.3, -0.25) is 9.59 Å². The van der Waals surface area contributed by atoms with E-state index in [1.807, 2.05) is 31.2 Å². The van der Waals surface area contributed by atoms with Gasteiger partial charge in [0.15, 0.2) is 0 Å². The van der Waals surface area contributed by atoms with Gasteiger partial charge in [0, 0.05) is 19.0 Å². The van der Waals surface area contributed by atoms with Crippen molar-refractivity contribution >= 4 is 24.2 Å². The molecule has 4 N–H and O–H groups in total. The summed E-state index contributed by atoms with van der Waals surface area (Å²) in [5.74, 6) is 0.397. The fraction of sp³-hybridized carbons (Fsp3) is 0.529. The van der Waals surface area contributed by atoms with Gasteiger partial charge in [-0.05, 0) is 32.4 Å². The lowest BCUT2D eigenvalue weighted by Gasteiger charge is -2.21. The summed E-state index contributed by atoms with van der Waals surface area (Å²) < 4.78 is 5.60. The van der Waals surface area contributed by atoms with Crippen LogP contribution in [0.2, 0.25) is 0 Å². The van der Waals surface area contributed by atoms with Crippen molar-refractivity contribution in [1.29, 1.82) is 0 Å². The Morgan fingerprint density at radius 3 is 2.58 bits per heavy atom. The Balaban J connectivity index is 0.00000529. The van der Waals surface area contributed by atoms with Crippen LogP contribution in [0.25, 0.3) is 0 Å². The summed E-state index contributed by atoms with van der Waals surface area (Å²) in [7, 11) is 0. The molecule has 0 bridgehead atoms. The molecule has 1 aromatic carbocycles. The third-order valence-corrected chi connectivity index (χ3v) is 3.31. The summed E-state index contributed by atoms with van der Waals surface area (Å²) in [5, 5.41) is 5.68. The van der Waals surface area contributed by atoms with Crippen LogP contribution in [0.3, 0.4) is 0 Å². The van der Waals surface area contributed by atoms with Crippen LogP contribution >= 0.6 is 12.4 Å². The van der Waals surface area contributed by atoms with E-state index in [1.54, 1.807) is 0 Å². The largest absolute Gasteiger partial charge is 0.494 e. The fourth-order valence-electron chi connectivity index (χ4n) is 2.29. The Labute approximate surface area is 149 Å². The minimum absolute atomic E-state index is 0. The minimum atomic E-state index is -0.412. The number of halogens is 1. The van der Waals surface area contributed by atoms with E-state index in [9.17, 15) is 9.59 Å². The number of amides is 2. The predicted molar refractivity (Wildman–Crippen MR) is 97.3 cm³/mol. The lowest BCUT2D eigenvalue weighted by Crippen LogP contribution is -2.33. The Morgan fingerprint density at radius 1 is 1.25 bits per heavy atom. The molecule has 7 heteroatoms. The summed E-state index contributed by atoms with van der Waals surface area (Å²) in [5.41, 5.74) is 6.24. The highest BCUT2D eigenvalue weighted by atomic mass is 35.5. The number of para-hydroxylation sites is 1. The second-order valence-corrected chi connectivity index (χ2v) is 5.27. The average Bonchev–Trinajstić information content (AvgIpc) is 2.51. The Hall–Kier alpha value is -1.79. The topological polar surface area (TPSA) is 93.4 Å². The zero-order valence-corrected chi connectivity index (χ0v) is 15.2. The van der Waals surface area contributed by atoms with Crippen LogP contribution in [-0.4, -0.2) is 31.5 Å². The van der Waals surface area contributed by atoms with E-state index >= 15 is 0 Å². The molecule has 0 heterocycles. The van der Waals surface area contributed by atoms with Gasteiger partial charge in [0.2, 0.25) is 11.8 Å². The summed E-state index contributed by atoms with van der Waals surface area (Å²) in [6.07, 6.45) is 1.90. The van der Waals surface area contributed by atoms with Gasteiger partial charge >= 0.3 is 0 Å². The van der Waals surface area contributed by atoms with E-state index in [4.69, 9.17) is 10.5 Å². The summed E-state index contributed by atoms with van der Waals surface area (Å²) >= 11 is 0. The lowest BCUT2D eigenvalue weighted by atomic mass is 10.0. The van der Waals surface area contributed by atoms with Gasteiger partial charge in [-0.2, -0.15) is 0 Å². The predicted octanol–water partition coefficient (Wildman–Crippen LogP) is 1.93. The smallest absolute Gasteiger partial charge is 0.222 e. The number of ether oxygens (including phenoxy) is 1. The number of benzene rings is 1. The van der Waals surface area contributed by atoms with Gasteiger partial charge in [0.1, 0.15) is 5.75 Å². The summed E-state index contributed by atoms with van der Waals surface area (Å²) in [6.45, 7) is 5.07. The normalized spacial score (nSPS) is 11.1. The maximum absolute atomic E-state index is 12.1. The van der Waals surface area contributed by atoms with E-state index in [0.29, 0.717) is 25.4 Å². The fourth-order valence-corrected chi connectivity index (χ4v) is 2.29. The Morgan fingerprint density at radius 2 is 1.96 bits per heavy atom. The molecule has 0 saturated heterocycles. The molecule has 0 aliphatic heterocycles. The molecule has 0 aromatic heterocycles. The maximum Gasteiger partial charge on any atom is 0.222 e. The van der Waals surface area contributed by atoms with Crippen LogP contribution in [-0.2, 0) is 9.59 Å². The van der Waals surface area contributed by atoms with Crippen molar-refractivity contribution in [3.8, 4) is 5.75 Å². The first-order valence-corrected chi connectivity index (χ1v) is 8.04. The number of nitrogens with one attached hydrogen (secondary N) is 2. The molecule has 136 valence electrons. The van der Waals surface area contributed by atoms with E-state index in [1.165, 1.54) is 6.92 Å². The number of nitrogens with two attached hydrogens (primary N) is 1. The Kier molecular flexibility index (Phi) is 11.7. The molecule has 0 aliphatic rings. The second-order valence-electron chi connectivity index (χ2n) is 5.27. The third-order valence-electron chi connectivity index (χ3n) is 3.31. The van der Waals surface area contributed by atoms with Crippen molar-refractivity contribution in [2.45, 2.75) is 39.2 Å². The van der Waals surface area contributed by atoms with Gasteiger partial charge in [-0.25, -0.2) is 0 Å². The Bertz CT molecular complexity index is 512. The average molecular weight is 358 g/mol. The molecule has 1 rings (SSSR count). The highest BCUT2D eigenvalue weighted by Gasteiger charge is 2.20. The molecule has 1 aromatic rings. The van der Waals surface area contributed by atoms with Crippen molar-refractivity contribution < 1.29 is 14.3 Å². The van der Waals surface area contributed by atoms with Crippen LogP contribution in [0.1, 0.15) is 44.7 Å². The number of hydrogen-bond acceptors (Lipinski definition) is 4. The van der Waals surface area contributed by atoms with Crippen molar-refractivity contribution in [3.63, 3.8) is 0 Å². The lowest BCUT2D eigenvalue weighted by molar-refractivity contribution is -0.122. The number of carbonyl (C=O) groups is 2. The van der Waals surface area contributed by atoms with E-state index in [2.05, 4.69) is 10.6 Å². The van der Waals surface area contributed by atoms with Gasteiger partial charge in [-0.15, -0.1) is 12.4 Å². The molecule has 0 saturated carbocycles. The highest BCUT2D eigenvalue weighted by Crippen LogP contribution is 2.27. The molecular formula is C17H28ClN3O3. The molecule has 0 fully saturated rings. The first-order chi connectivity index (χ1) is 11.1. The number of carbonyl (C=O) groups excluding carboxylic acids is 2. The maximum atomic E-state index is 12.1. The quantitative estimate of drug-likeness (QED) is 0.558. The first-order valence-electron chi connectivity index (χ1n) is 8.04. The molecule has 0 spiro atoms. The summed E-state index contributed by atoms with van der Waals surface area (Å²) in [4.78, 5) is 23.6. The molecule has 1 unspecified atom stereocenters. The molecule has 24 heavy (non-hydrogen) atoms. The molecule has 0 radical (unpaired) electrons. The van der Waals surface area contributed by atoms with Crippen molar-refractivity contribution in [1.82, 2.24) is 10.6 Å². The number of unbranched alkanes of at least 4 members (excludes halogenated alkanes) is 1. The SMILES string of the molecule is CCOc1ccccc1C(CC(=O)NCCCCN)NC(C)=O.Cl. The van der Waals surface area contributed by atoms with Gasteiger partial charge < -0.3 is 21.1 Å². The summed E-state index contributed by atoms with van der Waals surface area (Å²) in [6, 6.07) is 7.03. The number of rotatable bonds is 10. The molecule has 1 atom stereocenters. The first kappa shape index (κ1) is 22.2. The third kappa shape index (κ3) is 8.17. The minimum Gasteiger partial charge on any atom is -0.494 e. The van der Waals surface area contributed by atoms with Crippen LogP contribution in [0.15, 0.2) is 24.3 Å². The van der Waals surface area contributed by atoms with Crippen molar-refractivity contribution in [2.24, 2.45) is 5.73 Å². The standard InChI is InChI=1S/C17H27N3O3.ClH/c1-3-23-16-9-5-4-8-14(16)15(20-13(2)21)12-17(22)19-11-7-6-10-18;/h4-5,8-9,15H,3,6-7,10-12,18H2,1-2H3,(H,19,22)(H,20,21);1H. The number of hydrogen-bond donors (Lipinski definition) is 3. The van der Waals surface area contributed by atoms with E-state index < -0.39 is 6.04 Å². The van der Waals surface area contributed by atoms with Crippen molar-refractivity contribution in [2.75, 3.05) is 19.7 Å². The van der Waals surface area contributed by atoms with E-state index in [0.717, 1.165) is 18.4 Å². The van der Waals surface area contributed by atoms with Gasteiger partial charge in [-0.1, -0.05) is 18.2 Å². The molecule has 2 amide bonds.